The Morgan fingerprint density at radius 2 is 1.14 bits per heavy atom. The van der Waals surface area contributed by atoms with Crippen LogP contribution in [0, 0.1) is 0 Å². The van der Waals surface area contributed by atoms with Crippen LogP contribution >= 0.6 is 0 Å². The van der Waals surface area contributed by atoms with Crippen molar-refractivity contribution < 1.29 is 36.0 Å². The summed E-state index contributed by atoms with van der Waals surface area (Å²) in [5, 5.41) is 0. The fraction of sp³-hybridized carbons (Fsp3) is 0.875. The van der Waals surface area contributed by atoms with Crippen LogP contribution in [0.3, 0.4) is 0 Å². The van der Waals surface area contributed by atoms with Crippen molar-refractivity contribution in [3.8, 4) is 0 Å². The van der Waals surface area contributed by atoms with E-state index in [1.54, 1.807) is 13.8 Å². The van der Waals surface area contributed by atoms with Crippen molar-refractivity contribution in [2.24, 2.45) is 0 Å². The summed E-state index contributed by atoms with van der Waals surface area (Å²) in [6.07, 6.45) is 4.83. The molecule has 0 rings (SSSR count). The Kier molecular flexibility index (Phi) is 14.7. The van der Waals surface area contributed by atoms with Crippen molar-refractivity contribution >= 4 is 11.9 Å². The van der Waals surface area contributed by atoms with Gasteiger partial charge >= 0.3 is 11.9 Å². The first-order valence-electron chi connectivity index (χ1n) is 8.04. The first kappa shape index (κ1) is 23.5. The average molecular weight is 338 g/mol. The molecule has 0 aliphatic heterocycles. The van der Waals surface area contributed by atoms with Gasteiger partial charge in [0.05, 0.1) is 40.4 Å². The molecule has 0 aromatic carbocycles. The van der Waals surface area contributed by atoms with Crippen molar-refractivity contribution in [2.45, 2.75) is 52.4 Å². The molecule has 0 saturated heterocycles. The quantitative estimate of drug-likeness (QED) is 0.274. The van der Waals surface area contributed by atoms with E-state index in [9.17, 15) is 9.59 Å². The second-order valence-corrected chi connectivity index (χ2v) is 5.95. The zero-order valence-electron chi connectivity index (χ0n) is 14.5. The standard InChI is InChI=1S/C16H32NO4.ClH/c1-5-15(18)20-13-9-7-11-17(3,4)12-8-10-14-21-16(19)6-2;/h5-14H2,1-4H3;1H/q+1;/p-1. The van der Waals surface area contributed by atoms with Gasteiger partial charge in [0, 0.05) is 12.8 Å². The van der Waals surface area contributed by atoms with Crippen molar-refractivity contribution in [1.29, 1.82) is 0 Å². The van der Waals surface area contributed by atoms with E-state index in [0.717, 1.165) is 43.3 Å². The van der Waals surface area contributed by atoms with E-state index >= 15 is 0 Å². The lowest BCUT2D eigenvalue weighted by atomic mass is 10.2. The minimum absolute atomic E-state index is 0. The highest BCUT2D eigenvalue weighted by Gasteiger charge is 2.14. The topological polar surface area (TPSA) is 52.6 Å². The second kappa shape index (κ2) is 13.8. The number of ether oxygens (including phenoxy) is 2. The molecule has 0 bridgehead atoms. The molecule has 0 aliphatic carbocycles. The number of rotatable bonds is 12. The lowest BCUT2D eigenvalue weighted by molar-refractivity contribution is -0.890. The van der Waals surface area contributed by atoms with E-state index in [4.69, 9.17) is 9.47 Å². The van der Waals surface area contributed by atoms with Crippen molar-refractivity contribution in [2.75, 3.05) is 40.4 Å². The number of nitrogens with zero attached hydrogens (tertiary/aromatic N) is 1. The highest BCUT2D eigenvalue weighted by atomic mass is 35.5. The van der Waals surface area contributed by atoms with Gasteiger partial charge < -0.3 is 26.4 Å². The van der Waals surface area contributed by atoms with E-state index in [0.29, 0.717) is 26.1 Å². The zero-order chi connectivity index (χ0) is 16.1. The Balaban J connectivity index is 0. The molecule has 0 atom stereocenters. The van der Waals surface area contributed by atoms with Crippen LogP contribution in [0.4, 0.5) is 0 Å². The Morgan fingerprint density at radius 3 is 1.45 bits per heavy atom. The summed E-state index contributed by atoms with van der Waals surface area (Å²) < 4.78 is 11.1. The van der Waals surface area contributed by atoms with Crippen molar-refractivity contribution in [1.82, 2.24) is 0 Å². The number of unbranched alkanes of at least 4 members (excludes halogenated alkanes) is 2. The van der Waals surface area contributed by atoms with E-state index in [1.807, 2.05) is 0 Å². The number of quaternary nitrogens is 1. The molecule has 0 aromatic heterocycles. The normalized spacial score (nSPS) is 10.7. The van der Waals surface area contributed by atoms with Gasteiger partial charge in [-0.2, -0.15) is 0 Å². The van der Waals surface area contributed by atoms with Crippen LogP contribution in [-0.2, 0) is 19.1 Å². The third-order valence-corrected chi connectivity index (χ3v) is 3.42. The molecule has 6 heteroatoms. The Hall–Kier alpha value is -0.810. The summed E-state index contributed by atoms with van der Waals surface area (Å²) in [4.78, 5) is 22.0. The van der Waals surface area contributed by atoms with Gasteiger partial charge in [0.25, 0.3) is 0 Å². The third-order valence-electron chi connectivity index (χ3n) is 3.42. The largest absolute Gasteiger partial charge is 1.00 e. The highest BCUT2D eigenvalue weighted by molar-refractivity contribution is 5.69. The minimum atomic E-state index is -0.120. The fourth-order valence-corrected chi connectivity index (χ4v) is 1.97. The molecular formula is C16H32ClNO4. The molecule has 0 saturated carbocycles. The van der Waals surface area contributed by atoms with E-state index in [1.165, 1.54) is 0 Å². The number of halogens is 1. The predicted molar refractivity (Wildman–Crippen MR) is 82.8 cm³/mol. The molecule has 5 nitrogen and oxygen atoms in total. The minimum Gasteiger partial charge on any atom is -1.00 e. The number of carbonyl (C=O) groups is 2. The van der Waals surface area contributed by atoms with Gasteiger partial charge in [-0.25, -0.2) is 0 Å². The average Bonchev–Trinajstić information content (AvgIpc) is 2.45. The molecule has 0 N–H and O–H groups in total. The maximum absolute atomic E-state index is 11.0. The monoisotopic (exact) mass is 337 g/mol. The predicted octanol–water partition coefficient (Wildman–Crippen LogP) is -0.466. The molecule has 0 fully saturated rings. The summed E-state index contributed by atoms with van der Waals surface area (Å²) in [7, 11) is 4.41. The van der Waals surface area contributed by atoms with E-state index < -0.39 is 0 Å². The van der Waals surface area contributed by atoms with Crippen LogP contribution in [0.5, 0.6) is 0 Å². The number of carbonyl (C=O) groups excluding carboxylic acids is 2. The van der Waals surface area contributed by atoms with Crippen LogP contribution in [-0.4, -0.2) is 56.8 Å². The maximum Gasteiger partial charge on any atom is 0.305 e. The van der Waals surface area contributed by atoms with Crippen LogP contribution < -0.4 is 12.4 Å². The number of hydrogen-bond donors (Lipinski definition) is 0. The third kappa shape index (κ3) is 14.1. The first-order valence-corrected chi connectivity index (χ1v) is 8.04. The molecule has 132 valence electrons. The lowest BCUT2D eigenvalue weighted by Crippen LogP contribution is -3.00. The van der Waals surface area contributed by atoms with Crippen molar-refractivity contribution in [3.05, 3.63) is 0 Å². The Morgan fingerprint density at radius 1 is 0.773 bits per heavy atom. The fourth-order valence-electron chi connectivity index (χ4n) is 1.97. The van der Waals surface area contributed by atoms with Gasteiger partial charge in [-0.3, -0.25) is 9.59 Å². The SMILES string of the molecule is CCC(=O)OCCCC[N+](C)(C)CCCCOC(=O)CC.[Cl-]. The first-order chi connectivity index (χ1) is 9.91. The smallest absolute Gasteiger partial charge is 0.305 e. The highest BCUT2D eigenvalue weighted by Crippen LogP contribution is 2.06. The molecule has 22 heavy (non-hydrogen) atoms. The van der Waals surface area contributed by atoms with Crippen LogP contribution in [0.25, 0.3) is 0 Å². The van der Waals surface area contributed by atoms with Gasteiger partial charge in [-0.15, -0.1) is 0 Å². The Labute approximate surface area is 141 Å². The van der Waals surface area contributed by atoms with Gasteiger partial charge in [-0.05, 0) is 25.7 Å². The molecule has 0 spiro atoms. The number of hydrogen-bond acceptors (Lipinski definition) is 4. The van der Waals surface area contributed by atoms with Crippen LogP contribution in [0.15, 0.2) is 0 Å². The van der Waals surface area contributed by atoms with E-state index in [2.05, 4.69) is 14.1 Å². The molecule has 0 unspecified atom stereocenters. The molecule has 0 aliphatic rings. The van der Waals surface area contributed by atoms with E-state index in [-0.39, 0.29) is 24.3 Å². The number of esters is 2. The molecule has 0 aromatic rings. The molecule has 0 radical (unpaired) electrons. The Bertz CT molecular complexity index is 281. The van der Waals surface area contributed by atoms with Gasteiger partial charge in [0.2, 0.25) is 0 Å². The summed E-state index contributed by atoms with van der Waals surface area (Å²) in [5.74, 6) is -0.240. The summed E-state index contributed by atoms with van der Waals surface area (Å²) in [5.41, 5.74) is 0. The summed E-state index contributed by atoms with van der Waals surface area (Å²) in [6, 6.07) is 0. The molecular weight excluding hydrogens is 306 g/mol. The maximum atomic E-state index is 11.0. The summed E-state index contributed by atoms with van der Waals surface area (Å²) >= 11 is 0. The van der Waals surface area contributed by atoms with Gasteiger partial charge in [-0.1, -0.05) is 13.8 Å². The summed E-state index contributed by atoms with van der Waals surface area (Å²) in [6.45, 7) is 6.80. The van der Waals surface area contributed by atoms with Gasteiger partial charge in [0.15, 0.2) is 0 Å². The molecule has 0 heterocycles. The van der Waals surface area contributed by atoms with Gasteiger partial charge in [0.1, 0.15) is 0 Å². The zero-order valence-corrected chi connectivity index (χ0v) is 15.3. The van der Waals surface area contributed by atoms with Crippen LogP contribution in [0.1, 0.15) is 52.4 Å². The van der Waals surface area contributed by atoms with Crippen molar-refractivity contribution in [3.63, 3.8) is 0 Å². The lowest BCUT2D eigenvalue weighted by Gasteiger charge is -2.29. The molecule has 0 amide bonds. The second-order valence-electron chi connectivity index (χ2n) is 5.95. The van der Waals surface area contributed by atoms with Crippen LogP contribution in [0.2, 0.25) is 0 Å².